The van der Waals surface area contributed by atoms with E-state index in [-0.39, 0.29) is 21.8 Å². The van der Waals surface area contributed by atoms with Gasteiger partial charge in [-0.15, -0.1) is 0 Å². The van der Waals surface area contributed by atoms with E-state index >= 15 is 0 Å². The Hall–Kier alpha value is -1.33. The summed E-state index contributed by atoms with van der Waals surface area (Å²) < 4.78 is 0. The number of amides is 1. The third-order valence-corrected chi connectivity index (χ3v) is 3.70. The van der Waals surface area contributed by atoms with E-state index in [1.54, 1.807) is 0 Å². The Kier molecular flexibility index (Phi) is 4.83. The zero-order valence-corrected chi connectivity index (χ0v) is 12.2. The average Bonchev–Trinajstić information content (AvgIpc) is 2.62. The van der Waals surface area contributed by atoms with Crippen molar-refractivity contribution in [1.29, 1.82) is 0 Å². The molecule has 7 heteroatoms. The number of carboxylic acids is 1. The first-order chi connectivity index (χ1) is 9.49. The van der Waals surface area contributed by atoms with Crippen LogP contribution in [0, 0.1) is 0 Å². The van der Waals surface area contributed by atoms with Crippen molar-refractivity contribution in [2.24, 2.45) is 0 Å². The Morgan fingerprint density at radius 3 is 2.45 bits per heavy atom. The average molecular weight is 317 g/mol. The van der Waals surface area contributed by atoms with E-state index in [1.807, 2.05) is 0 Å². The van der Waals surface area contributed by atoms with Crippen LogP contribution in [0.2, 0.25) is 10.3 Å². The van der Waals surface area contributed by atoms with Gasteiger partial charge in [0, 0.05) is 12.1 Å². The van der Waals surface area contributed by atoms with Crippen molar-refractivity contribution in [3.63, 3.8) is 0 Å². The fourth-order valence-corrected chi connectivity index (χ4v) is 2.82. The van der Waals surface area contributed by atoms with E-state index < -0.39 is 12.0 Å². The van der Waals surface area contributed by atoms with Gasteiger partial charge < -0.3 is 10.0 Å². The number of carbonyl (C=O) groups is 2. The number of halogens is 2. The van der Waals surface area contributed by atoms with E-state index in [0.29, 0.717) is 13.0 Å². The highest BCUT2D eigenvalue weighted by atomic mass is 35.5. The highest BCUT2D eigenvalue weighted by Crippen LogP contribution is 2.22. The summed E-state index contributed by atoms with van der Waals surface area (Å²) in [6.07, 6.45) is 2.99. The molecule has 0 aliphatic carbocycles. The minimum absolute atomic E-state index is 0.113. The largest absolute Gasteiger partial charge is 0.480 e. The van der Waals surface area contributed by atoms with Crippen molar-refractivity contribution in [3.8, 4) is 0 Å². The van der Waals surface area contributed by atoms with Crippen molar-refractivity contribution >= 4 is 35.1 Å². The van der Waals surface area contributed by atoms with Crippen molar-refractivity contribution in [2.45, 2.75) is 31.7 Å². The molecule has 0 bridgehead atoms. The number of aliphatic carboxylic acids is 1. The van der Waals surface area contributed by atoms with Gasteiger partial charge in [0.1, 0.15) is 16.3 Å². The number of pyridine rings is 1. The van der Waals surface area contributed by atoms with E-state index in [9.17, 15) is 14.7 Å². The van der Waals surface area contributed by atoms with Crippen LogP contribution in [0.1, 0.15) is 36.0 Å². The first-order valence-corrected chi connectivity index (χ1v) is 7.11. The number of likely N-dealkylation sites (tertiary alicyclic amines) is 1. The lowest BCUT2D eigenvalue weighted by molar-refractivity contribution is -0.142. The smallest absolute Gasteiger partial charge is 0.326 e. The highest BCUT2D eigenvalue weighted by Gasteiger charge is 2.31. The van der Waals surface area contributed by atoms with Crippen molar-refractivity contribution < 1.29 is 14.7 Å². The zero-order chi connectivity index (χ0) is 14.7. The maximum absolute atomic E-state index is 12.5. The lowest BCUT2D eigenvalue weighted by Gasteiger charge is -2.27. The van der Waals surface area contributed by atoms with Gasteiger partial charge in [0.25, 0.3) is 5.91 Å². The molecule has 1 aromatic rings. The lowest BCUT2D eigenvalue weighted by atomic mass is 10.1. The number of nitrogens with zero attached hydrogens (tertiary/aromatic N) is 2. The van der Waals surface area contributed by atoms with Crippen LogP contribution in [-0.2, 0) is 4.79 Å². The van der Waals surface area contributed by atoms with Gasteiger partial charge in [0.2, 0.25) is 0 Å². The third-order valence-electron chi connectivity index (χ3n) is 3.31. The molecule has 1 saturated heterocycles. The minimum atomic E-state index is -0.980. The summed E-state index contributed by atoms with van der Waals surface area (Å²) >= 11 is 11.6. The minimum Gasteiger partial charge on any atom is -0.480 e. The first-order valence-electron chi connectivity index (χ1n) is 6.36. The standard InChI is InChI=1S/C13H14Cl2N2O3/c14-10-6-8(7-11(15)16-10)12(18)17-5-3-1-2-4-9(17)13(19)20/h6-7,9H,1-5H2,(H,19,20). The van der Waals surface area contributed by atoms with E-state index in [2.05, 4.69) is 4.98 Å². The van der Waals surface area contributed by atoms with Crippen molar-refractivity contribution in [1.82, 2.24) is 9.88 Å². The van der Waals surface area contributed by atoms with Gasteiger partial charge in [-0.3, -0.25) is 4.79 Å². The van der Waals surface area contributed by atoms with Crippen molar-refractivity contribution in [3.05, 3.63) is 28.0 Å². The molecule has 1 atom stereocenters. The molecule has 0 radical (unpaired) electrons. The number of hydrogen-bond donors (Lipinski definition) is 1. The number of rotatable bonds is 2. The summed E-state index contributed by atoms with van der Waals surface area (Å²) in [6.45, 7) is 0.424. The summed E-state index contributed by atoms with van der Waals surface area (Å²) in [5.74, 6) is -1.35. The molecule has 2 heterocycles. The summed E-state index contributed by atoms with van der Waals surface area (Å²) in [6, 6.07) is 2.01. The van der Waals surface area contributed by atoms with E-state index in [4.69, 9.17) is 23.2 Å². The van der Waals surface area contributed by atoms with Crippen LogP contribution in [0.4, 0.5) is 0 Å². The van der Waals surface area contributed by atoms with E-state index in [1.165, 1.54) is 17.0 Å². The van der Waals surface area contributed by atoms with Gasteiger partial charge in [-0.05, 0) is 25.0 Å². The molecule has 1 unspecified atom stereocenters. The van der Waals surface area contributed by atoms with Gasteiger partial charge in [0.15, 0.2) is 0 Å². The number of carboxylic acid groups (broad SMARTS) is 1. The predicted octanol–water partition coefficient (Wildman–Crippen LogP) is 2.86. The molecular weight excluding hydrogens is 303 g/mol. The quantitative estimate of drug-likeness (QED) is 0.852. The van der Waals surface area contributed by atoms with Gasteiger partial charge >= 0.3 is 5.97 Å². The van der Waals surface area contributed by atoms with Crippen LogP contribution in [0.3, 0.4) is 0 Å². The predicted molar refractivity (Wildman–Crippen MR) is 75.2 cm³/mol. The monoisotopic (exact) mass is 316 g/mol. The fraction of sp³-hybridized carbons (Fsp3) is 0.462. The summed E-state index contributed by atoms with van der Waals surface area (Å²) in [7, 11) is 0. The molecule has 108 valence electrons. The topological polar surface area (TPSA) is 70.5 Å². The Bertz CT molecular complexity index is 516. The zero-order valence-electron chi connectivity index (χ0n) is 10.7. The molecule has 1 N–H and O–H groups in total. The van der Waals surface area contributed by atoms with Gasteiger partial charge in [-0.25, -0.2) is 9.78 Å². The second-order valence-electron chi connectivity index (χ2n) is 4.70. The Balaban J connectivity index is 2.30. The fourth-order valence-electron chi connectivity index (χ4n) is 2.36. The molecule has 0 aromatic carbocycles. The van der Waals surface area contributed by atoms with Crippen LogP contribution < -0.4 is 0 Å². The maximum Gasteiger partial charge on any atom is 0.326 e. The molecule has 0 saturated carbocycles. The molecule has 20 heavy (non-hydrogen) atoms. The first kappa shape index (κ1) is 15.1. The van der Waals surface area contributed by atoms with Gasteiger partial charge in [0.05, 0.1) is 0 Å². The van der Waals surface area contributed by atoms with Crippen LogP contribution in [0.5, 0.6) is 0 Å². The maximum atomic E-state index is 12.5. The second kappa shape index (κ2) is 6.41. The molecule has 1 fully saturated rings. The molecule has 1 aliphatic rings. The van der Waals surface area contributed by atoms with Gasteiger partial charge in [-0.2, -0.15) is 0 Å². The van der Waals surface area contributed by atoms with Crippen LogP contribution >= 0.6 is 23.2 Å². The van der Waals surface area contributed by atoms with Crippen LogP contribution in [0.25, 0.3) is 0 Å². The molecule has 0 spiro atoms. The lowest BCUT2D eigenvalue weighted by Crippen LogP contribution is -2.44. The van der Waals surface area contributed by atoms with Gasteiger partial charge in [-0.1, -0.05) is 36.0 Å². The molecule has 2 rings (SSSR count). The molecular formula is C13H14Cl2N2O3. The summed E-state index contributed by atoms with van der Waals surface area (Å²) in [5, 5.41) is 9.51. The SMILES string of the molecule is O=C(O)C1CCCCCN1C(=O)c1cc(Cl)nc(Cl)c1. The summed E-state index contributed by atoms with van der Waals surface area (Å²) in [5.41, 5.74) is 0.267. The second-order valence-corrected chi connectivity index (χ2v) is 5.48. The molecule has 5 nitrogen and oxygen atoms in total. The Morgan fingerprint density at radius 2 is 1.85 bits per heavy atom. The van der Waals surface area contributed by atoms with Crippen molar-refractivity contribution in [2.75, 3.05) is 6.54 Å². The number of carbonyl (C=O) groups excluding carboxylic acids is 1. The third kappa shape index (κ3) is 3.41. The van der Waals surface area contributed by atoms with Crippen LogP contribution in [0.15, 0.2) is 12.1 Å². The Labute approximate surface area is 126 Å². The normalized spacial score (nSPS) is 19.5. The van der Waals surface area contributed by atoms with E-state index in [0.717, 1.165) is 19.3 Å². The summed E-state index contributed by atoms with van der Waals surface area (Å²) in [4.78, 5) is 29.0. The Morgan fingerprint density at radius 1 is 1.20 bits per heavy atom. The molecule has 1 amide bonds. The molecule has 1 aromatic heterocycles. The number of aromatic nitrogens is 1. The molecule has 1 aliphatic heterocycles. The number of hydrogen-bond acceptors (Lipinski definition) is 3. The highest BCUT2D eigenvalue weighted by molar-refractivity contribution is 6.33. The van der Waals surface area contributed by atoms with Crippen LogP contribution in [-0.4, -0.2) is 39.5 Å².